The SMILES string of the molecule is [Cl-].[Cl-].[Cl-].[NH2+]=C([NH3+])Cc1cc[nH+]cc1. The van der Waals surface area contributed by atoms with Crippen LogP contribution in [0.15, 0.2) is 24.5 Å². The average molecular weight is 245 g/mol. The molecule has 0 fully saturated rings. The van der Waals surface area contributed by atoms with Gasteiger partial charge in [-0.3, -0.25) is 5.73 Å². The summed E-state index contributed by atoms with van der Waals surface area (Å²) in [7, 11) is 0. The minimum atomic E-state index is 0. The lowest BCUT2D eigenvalue weighted by Gasteiger charge is -1.86. The number of rotatable bonds is 2. The first-order valence-electron chi connectivity index (χ1n) is 3.17. The van der Waals surface area contributed by atoms with E-state index in [9.17, 15) is 0 Å². The molecule has 0 saturated carbocycles. The van der Waals surface area contributed by atoms with Gasteiger partial charge in [0.25, 0.3) is 0 Å². The van der Waals surface area contributed by atoms with Crippen molar-refractivity contribution in [2.75, 3.05) is 0 Å². The van der Waals surface area contributed by atoms with Gasteiger partial charge in [-0.2, -0.15) is 0 Å². The number of hydrogen-bond acceptors (Lipinski definition) is 0. The van der Waals surface area contributed by atoms with Gasteiger partial charge in [-0.1, -0.05) is 0 Å². The number of aromatic nitrogens is 1. The van der Waals surface area contributed by atoms with E-state index < -0.39 is 0 Å². The second-order valence-corrected chi connectivity index (χ2v) is 2.24. The number of H-pyrrole nitrogens is 1. The molecule has 0 amide bonds. The summed E-state index contributed by atoms with van der Waals surface area (Å²) < 4.78 is 0. The number of quaternary nitrogens is 1. The van der Waals surface area contributed by atoms with Crippen LogP contribution in [0.3, 0.4) is 0 Å². The Morgan fingerprint density at radius 3 is 2.08 bits per heavy atom. The Hall–Kier alpha value is -0.350. The summed E-state index contributed by atoms with van der Waals surface area (Å²) in [4.78, 5) is 2.94. The van der Waals surface area contributed by atoms with Crippen LogP contribution in [0.2, 0.25) is 0 Å². The molecule has 13 heavy (non-hydrogen) atoms. The van der Waals surface area contributed by atoms with Crippen molar-refractivity contribution in [2.45, 2.75) is 6.42 Å². The van der Waals surface area contributed by atoms with Gasteiger partial charge in [0.15, 0.2) is 12.4 Å². The molecule has 0 saturated heterocycles. The van der Waals surface area contributed by atoms with Crippen LogP contribution in [-0.4, -0.2) is 5.84 Å². The molecule has 0 aliphatic carbocycles. The van der Waals surface area contributed by atoms with E-state index in [-0.39, 0.29) is 37.2 Å². The second-order valence-electron chi connectivity index (χ2n) is 2.24. The third-order valence-corrected chi connectivity index (χ3v) is 1.22. The van der Waals surface area contributed by atoms with Gasteiger partial charge in [0, 0.05) is 12.1 Å². The monoisotopic (exact) mass is 243 g/mol. The zero-order chi connectivity index (χ0) is 7.40. The van der Waals surface area contributed by atoms with Crippen molar-refractivity contribution in [3.8, 4) is 0 Å². The summed E-state index contributed by atoms with van der Waals surface area (Å²) in [6.07, 6.45) is 4.51. The highest BCUT2D eigenvalue weighted by Crippen LogP contribution is 1.92. The van der Waals surface area contributed by atoms with Crippen molar-refractivity contribution in [3.63, 3.8) is 0 Å². The molecule has 76 valence electrons. The van der Waals surface area contributed by atoms with E-state index in [4.69, 9.17) is 5.41 Å². The molecule has 0 aromatic carbocycles. The van der Waals surface area contributed by atoms with Crippen LogP contribution < -0.4 is 53.3 Å². The zero-order valence-corrected chi connectivity index (χ0v) is 9.20. The number of halogens is 3. The van der Waals surface area contributed by atoms with Crippen molar-refractivity contribution < 1.29 is 53.3 Å². The summed E-state index contributed by atoms with van der Waals surface area (Å²) in [6.45, 7) is 0. The van der Waals surface area contributed by atoms with Crippen LogP contribution in [0.5, 0.6) is 0 Å². The Kier molecular flexibility index (Phi) is 13.8. The van der Waals surface area contributed by atoms with Crippen molar-refractivity contribution in [1.82, 2.24) is 0 Å². The van der Waals surface area contributed by atoms with Crippen LogP contribution in [0.4, 0.5) is 0 Å². The molecule has 0 atom stereocenters. The van der Waals surface area contributed by atoms with Gasteiger partial charge in [0.1, 0.15) is 6.42 Å². The number of amidine groups is 1. The Morgan fingerprint density at radius 2 is 1.69 bits per heavy atom. The van der Waals surface area contributed by atoms with E-state index in [1.165, 1.54) is 5.56 Å². The molecular formula is C7H12Cl3N3. The maximum Gasteiger partial charge on any atom is 0.334 e. The third-order valence-electron chi connectivity index (χ3n) is 1.22. The van der Waals surface area contributed by atoms with E-state index in [0.29, 0.717) is 5.84 Å². The van der Waals surface area contributed by atoms with E-state index in [1.54, 1.807) is 0 Å². The van der Waals surface area contributed by atoms with Gasteiger partial charge in [0.05, 0.1) is 0 Å². The number of pyridine rings is 1. The lowest BCUT2D eigenvalue weighted by molar-refractivity contribution is -0.378. The molecule has 3 nitrogen and oxygen atoms in total. The van der Waals surface area contributed by atoms with Gasteiger partial charge in [-0.15, -0.1) is 0 Å². The highest BCUT2D eigenvalue weighted by molar-refractivity contribution is 5.67. The largest absolute Gasteiger partial charge is 1.00 e. The van der Waals surface area contributed by atoms with Crippen LogP contribution in [0.25, 0.3) is 0 Å². The summed E-state index contributed by atoms with van der Waals surface area (Å²) in [5, 5.41) is 5.42. The zero-order valence-electron chi connectivity index (χ0n) is 6.93. The fourth-order valence-corrected chi connectivity index (χ4v) is 0.801. The molecule has 1 aromatic rings. The molecular weight excluding hydrogens is 232 g/mol. The molecule has 0 aliphatic heterocycles. The molecule has 1 heterocycles. The molecule has 0 aliphatic rings. The van der Waals surface area contributed by atoms with Gasteiger partial charge >= 0.3 is 5.84 Å². The first kappa shape index (κ1) is 18.4. The highest BCUT2D eigenvalue weighted by Gasteiger charge is 2.01. The molecule has 0 radical (unpaired) electrons. The first-order chi connectivity index (χ1) is 4.79. The van der Waals surface area contributed by atoms with Crippen LogP contribution in [-0.2, 0) is 6.42 Å². The summed E-state index contributed by atoms with van der Waals surface area (Å²) in [6, 6.07) is 3.97. The first-order valence-corrected chi connectivity index (χ1v) is 3.17. The van der Waals surface area contributed by atoms with E-state index in [0.717, 1.165) is 6.42 Å². The van der Waals surface area contributed by atoms with Crippen molar-refractivity contribution in [2.24, 2.45) is 0 Å². The highest BCUT2D eigenvalue weighted by atomic mass is 35.5. The van der Waals surface area contributed by atoms with E-state index >= 15 is 0 Å². The number of aromatic amines is 1. The minimum Gasteiger partial charge on any atom is -1.00 e. The number of nitrogens with two attached hydrogens (primary N) is 1. The Labute approximate surface area is 95.9 Å². The number of hydrogen-bond donors (Lipinski definition) is 2. The van der Waals surface area contributed by atoms with Gasteiger partial charge in [-0.05, 0) is 5.56 Å². The molecule has 0 unspecified atom stereocenters. The summed E-state index contributed by atoms with van der Waals surface area (Å²) >= 11 is 0. The summed E-state index contributed by atoms with van der Waals surface area (Å²) in [5.41, 5.74) is 4.80. The normalized spacial score (nSPS) is 7.15. The maximum atomic E-state index is 5.42. The van der Waals surface area contributed by atoms with Crippen LogP contribution in [0, 0.1) is 0 Å². The lowest BCUT2D eigenvalue weighted by atomic mass is 10.2. The predicted molar refractivity (Wildman–Crippen MR) is 36.5 cm³/mol. The van der Waals surface area contributed by atoms with Crippen LogP contribution in [0.1, 0.15) is 5.56 Å². The van der Waals surface area contributed by atoms with Gasteiger partial charge in [0.2, 0.25) is 0 Å². The van der Waals surface area contributed by atoms with Crippen molar-refractivity contribution in [1.29, 1.82) is 0 Å². The van der Waals surface area contributed by atoms with Gasteiger partial charge < -0.3 is 37.2 Å². The third kappa shape index (κ3) is 7.99. The summed E-state index contributed by atoms with van der Waals surface area (Å²) in [5.74, 6) is 0.700. The second kappa shape index (κ2) is 9.74. The molecule has 1 aromatic heterocycles. The smallest absolute Gasteiger partial charge is 0.334 e. The topological polar surface area (TPSA) is 67.4 Å². The fourth-order valence-electron chi connectivity index (χ4n) is 0.801. The molecule has 1 rings (SSSR count). The molecule has 6 heteroatoms. The van der Waals surface area contributed by atoms with Crippen molar-refractivity contribution >= 4 is 5.84 Å². The molecule has 0 bridgehead atoms. The Balaban J connectivity index is -0.000000333. The molecule has 6 N–H and O–H groups in total. The average Bonchev–Trinajstić information content (AvgIpc) is 1.88. The minimum absolute atomic E-state index is 0. The van der Waals surface area contributed by atoms with Gasteiger partial charge in [-0.25, -0.2) is 10.4 Å². The lowest BCUT2D eigenvalue weighted by Crippen LogP contribution is -3.00. The molecule has 0 spiro atoms. The fraction of sp³-hybridized carbons (Fsp3) is 0.143. The Bertz CT molecular complexity index is 228. The Morgan fingerprint density at radius 1 is 1.23 bits per heavy atom. The predicted octanol–water partition coefficient (Wildman–Crippen LogP) is -11.5. The van der Waals surface area contributed by atoms with Crippen molar-refractivity contribution in [3.05, 3.63) is 30.1 Å². The van der Waals surface area contributed by atoms with Crippen LogP contribution >= 0.6 is 0 Å². The number of nitrogens with one attached hydrogen (secondary N) is 1. The van der Waals surface area contributed by atoms with E-state index in [1.807, 2.05) is 24.5 Å². The van der Waals surface area contributed by atoms with E-state index in [2.05, 4.69) is 10.7 Å². The quantitative estimate of drug-likeness (QED) is 0.383. The standard InChI is InChI=1S/C7H9N3.3ClH/c8-7(9)5-6-1-3-10-4-2-6;;;/h1-4H,5H2,(H3,8,9);3*1H. The maximum absolute atomic E-state index is 5.42.